The normalized spacial score (nSPS) is 10.5. The summed E-state index contributed by atoms with van der Waals surface area (Å²) in [6, 6.07) is 15.1. The number of esters is 1. The number of carbonyl (C=O) groups is 2. The monoisotopic (exact) mass is 326 g/mol. The Labute approximate surface area is 142 Å². The van der Waals surface area contributed by atoms with Crippen molar-refractivity contribution in [3.8, 4) is 0 Å². The van der Waals surface area contributed by atoms with Gasteiger partial charge in [-0.3, -0.25) is 9.69 Å². The number of hydrogen-bond donors (Lipinski definition) is 1. The van der Waals surface area contributed by atoms with E-state index in [4.69, 9.17) is 4.74 Å². The van der Waals surface area contributed by atoms with E-state index in [1.807, 2.05) is 49.2 Å². The van der Waals surface area contributed by atoms with Crippen molar-refractivity contribution in [3.05, 3.63) is 65.2 Å². The van der Waals surface area contributed by atoms with Crippen LogP contribution >= 0.6 is 0 Å². The van der Waals surface area contributed by atoms with Crippen LogP contribution in [0.3, 0.4) is 0 Å². The molecule has 2 rings (SSSR count). The van der Waals surface area contributed by atoms with E-state index in [1.54, 1.807) is 18.2 Å². The van der Waals surface area contributed by atoms with Gasteiger partial charge >= 0.3 is 5.97 Å². The quantitative estimate of drug-likeness (QED) is 0.829. The van der Waals surface area contributed by atoms with Crippen molar-refractivity contribution in [3.63, 3.8) is 0 Å². The molecule has 24 heavy (non-hydrogen) atoms. The van der Waals surface area contributed by atoms with E-state index in [9.17, 15) is 9.59 Å². The molecule has 0 bridgehead atoms. The number of carbonyl (C=O) groups excluding carboxylic acids is 2. The van der Waals surface area contributed by atoms with Gasteiger partial charge in [-0.25, -0.2) is 4.79 Å². The van der Waals surface area contributed by atoms with Crippen LogP contribution in [0, 0.1) is 6.92 Å². The lowest BCUT2D eigenvalue weighted by Gasteiger charge is -2.17. The predicted molar refractivity (Wildman–Crippen MR) is 93.9 cm³/mol. The number of aryl methyl sites for hydroxylation is 1. The number of nitrogens with zero attached hydrogens (tertiary/aromatic N) is 1. The molecule has 5 heteroatoms. The van der Waals surface area contributed by atoms with E-state index in [2.05, 4.69) is 5.32 Å². The topological polar surface area (TPSA) is 58.6 Å². The molecule has 2 aromatic carbocycles. The lowest BCUT2D eigenvalue weighted by molar-refractivity contribution is -0.117. The Kier molecular flexibility index (Phi) is 6.09. The number of anilines is 1. The number of amides is 1. The lowest BCUT2D eigenvalue weighted by atomic mass is 10.1. The average molecular weight is 326 g/mol. The molecule has 0 aromatic heterocycles. The van der Waals surface area contributed by atoms with Crippen LogP contribution in [-0.2, 0) is 16.1 Å². The molecule has 126 valence electrons. The summed E-state index contributed by atoms with van der Waals surface area (Å²) < 4.78 is 4.71. The largest absolute Gasteiger partial charge is 0.465 e. The number of likely N-dealkylation sites (N-methyl/N-ethyl adjacent to an activating group) is 1. The third-order valence-electron chi connectivity index (χ3n) is 3.64. The second kappa shape index (κ2) is 8.26. The molecule has 0 aliphatic rings. The van der Waals surface area contributed by atoms with Crippen LogP contribution in [0.1, 0.15) is 21.5 Å². The summed E-state index contributed by atoms with van der Waals surface area (Å²) in [5.41, 5.74) is 3.07. The van der Waals surface area contributed by atoms with E-state index < -0.39 is 5.97 Å². The maximum Gasteiger partial charge on any atom is 0.337 e. The number of nitrogens with one attached hydrogen (secondary N) is 1. The minimum Gasteiger partial charge on any atom is -0.465 e. The van der Waals surface area contributed by atoms with Gasteiger partial charge in [0, 0.05) is 12.2 Å². The van der Waals surface area contributed by atoms with E-state index in [0.717, 1.165) is 11.1 Å². The van der Waals surface area contributed by atoms with Crippen LogP contribution in [-0.4, -0.2) is 37.5 Å². The molecule has 0 fully saturated rings. The maximum atomic E-state index is 12.2. The Hall–Kier alpha value is -2.66. The summed E-state index contributed by atoms with van der Waals surface area (Å²) in [5, 5.41) is 2.86. The Morgan fingerprint density at radius 1 is 1.12 bits per heavy atom. The summed E-state index contributed by atoms with van der Waals surface area (Å²) in [6.45, 7) is 2.83. The fourth-order valence-corrected chi connectivity index (χ4v) is 2.39. The van der Waals surface area contributed by atoms with Crippen molar-refractivity contribution in [2.24, 2.45) is 0 Å². The van der Waals surface area contributed by atoms with Crippen molar-refractivity contribution in [1.29, 1.82) is 0 Å². The first-order chi connectivity index (χ1) is 11.5. The van der Waals surface area contributed by atoms with Gasteiger partial charge < -0.3 is 10.1 Å². The summed E-state index contributed by atoms with van der Waals surface area (Å²) in [5.74, 6) is -0.551. The first-order valence-corrected chi connectivity index (χ1v) is 7.71. The van der Waals surface area contributed by atoms with Gasteiger partial charge in [-0.05, 0) is 37.2 Å². The van der Waals surface area contributed by atoms with Gasteiger partial charge in [0.1, 0.15) is 0 Å². The fourth-order valence-electron chi connectivity index (χ4n) is 2.39. The highest BCUT2D eigenvalue weighted by Gasteiger charge is 2.12. The van der Waals surface area contributed by atoms with Crippen molar-refractivity contribution in [2.45, 2.75) is 13.5 Å². The molecule has 0 atom stereocenters. The SMILES string of the molecule is COC(=O)c1ccc(C)c(NC(=O)CN(C)Cc2ccccc2)c1. The van der Waals surface area contributed by atoms with Crippen molar-refractivity contribution in [2.75, 3.05) is 26.0 Å². The maximum absolute atomic E-state index is 12.2. The van der Waals surface area contributed by atoms with Crippen molar-refractivity contribution >= 4 is 17.6 Å². The number of methoxy groups -OCH3 is 1. The first-order valence-electron chi connectivity index (χ1n) is 7.71. The molecule has 0 unspecified atom stereocenters. The highest BCUT2D eigenvalue weighted by molar-refractivity contribution is 5.96. The average Bonchev–Trinajstić information content (AvgIpc) is 2.56. The van der Waals surface area contributed by atoms with Gasteiger partial charge in [-0.2, -0.15) is 0 Å². The molecule has 2 aromatic rings. The first kappa shape index (κ1) is 17.7. The van der Waals surface area contributed by atoms with Crippen molar-refractivity contribution in [1.82, 2.24) is 4.90 Å². The number of ether oxygens (including phenoxy) is 1. The van der Waals surface area contributed by atoms with Crippen LogP contribution in [0.15, 0.2) is 48.5 Å². The molecule has 1 amide bonds. The van der Waals surface area contributed by atoms with Crippen LogP contribution in [0.4, 0.5) is 5.69 Å². The number of hydrogen-bond acceptors (Lipinski definition) is 4. The zero-order chi connectivity index (χ0) is 17.5. The Morgan fingerprint density at radius 2 is 1.83 bits per heavy atom. The minimum atomic E-state index is -0.424. The Morgan fingerprint density at radius 3 is 2.50 bits per heavy atom. The zero-order valence-corrected chi connectivity index (χ0v) is 14.2. The molecule has 0 spiro atoms. The molecule has 1 N–H and O–H groups in total. The van der Waals surface area contributed by atoms with Gasteiger partial charge in [-0.1, -0.05) is 36.4 Å². The molecule has 0 aliphatic heterocycles. The number of rotatable bonds is 6. The van der Waals surface area contributed by atoms with Gasteiger partial charge in [0.25, 0.3) is 0 Å². The lowest BCUT2D eigenvalue weighted by Crippen LogP contribution is -2.30. The third kappa shape index (κ3) is 4.93. The molecule has 5 nitrogen and oxygen atoms in total. The molecule has 0 saturated carbocycles. The second-order valence-electron chi connectivity index (χ2n) is 5.73. The van der Waals surface area contributed by atoms with E-state index >= 15 is 0 Å². The molecular weight excluding hydrogens is 304 g/mol. The standard InChI is InChI=1S/C19H22N2O3/c1-14-9-10-16(19(23)24-3)11-17(14)20-18(22)13-21(2)12-15-7-5-4-6-8-15/h4-11H,12-13H2,1-3H3,(H,20,22). The van der Waals surface area contributed by atoms with Crippen LogP contribution in [0.25, 0.3) is 0 Å². The van der Waals surface area contributed by atoms with Crippen molar-refractivity contribution < 1.29 is 14.3 Å². The van der Waals surface area contributed by atoms with Gasteiger partial charge in [0.15, 0.2) is 0 Å². The van der Waals surface area contributed by atoms with Gasteiger partial charge in [0.05, 0.1) is 19.2 Å². The summed E-state index contributed by atoms with van der Waals surface area (Å²) >= 11 is 0. The fraction of sp³-hybridized carbons (Fsp3) is 0.263. The van der Waals surface area contributed by atoms with Gasteiger partial charge in [0.2, 0.25) is 5.91 Å². The second-order valence-corrected chi connectivity index (χ2v) is 5.73. The third-order valence-corrected chi connectivity index (χ3v) is 3.64. The Bertz CT molecular complexity index is 714. The smallest absolute Gasteiger partial charge is 0.337 e. The number of benzene rings is 2. The molecule has 0 aliphatic carbocycles. The zero-order valence-electron chi connectivity index (χ0n) is 14.2. The summed E-state index contributed by atoms with van der Waals surface area (Å²) in [4.78, 5) is 25.8. The van der Waals surface area contributed by atoms with Crippen LogP contribution in [0.5, 0.6) is 0 Å². The predicted octanol–water partition coefficient (Wildman–Crippen LogP) is 2.85. The van der Waals surface area contributed by atoms with Crippen LogP contribution < -0.4 is 5.32 Å². The van der Waals surface area contributed by atoms with E-state index in [0.29, 0.717) is 17.8 Å². The molecule has 0 heterocycles. The van der Waals surface area contributed by atoms with E-state index in [-0.39, 0.29) is 12.5 Å². The van der Waals surface area contributed by atoms with Gasteiger partial charge in [-0.15, -0.1) is 0 Å². The molecule has 0 saturated heterocycles. The highest BCUT2D eigenvalue weighted by atomic mass is 16.5. The van der Waals surface area contributed by atoms with Crippen LogP contribution in [0.2, 0.25) is 0 Å². The molecular formula is C19H22N2O3. The highest BCUT2D eigenvalue weighted by Crippen LogP contribution is 2.17. The minimum absolute atomic E-state index is 0.126. The Balaban J connectivity index is 1.98. The summed E-state index contributed by atoms with van der Waals surface area (Å²) in [6.07, 6.45) is 0. The summed E-state index contributed by atoms with van der Waals surface area (Å²) in [7, 11) is 3.23. The molecule has 0 radical (unpaired) electrons. The van der Waals surface area contributed by atoms with E-state index in [1.165, 1.54) is 7.11 Å².